The molecule has 1 aliphatic rings. The Bertz CT molecular complexity index is 942. The van der Waals surface area contributed by atoms with Gasteiger partial charge in [0.15, 0.2) is 11.8 Å². The summed E-state index contributed by atoms with van der Waals surface area (Å²) in [4.78, 5) is 17.2. The number of rotatable bonds is 7. The van der Waals surface area contributed by atoms with Crippen LogP contribution in [0.1, 0.15) is 50.4 Å². The van der Waals surface area contributed by atoms with Crippen LogP contribution >= 0.6 is 24.0 Å². The van der Waals surface area contributed by atoms with Gasteiger partial charge in [0.1, 0.15) is 18.1 Å². The zero-order valence-corrected chi connectivity index (χ0v) is 21.8. The minimum Gasteiger partial charge on any atom is -0.493 e. The number of nitrogens with zero attached hydrogens (tertiary/aromatic N) is 4. The number of aryl methyl sites for hydroxylation is 1. The number of ether oxygens (including phenoxy) is 1. The van der Waals surface area contributed by atoms with Crippen LogP contribution in [0.5, 0.6) is 5.75 Å². The molecule has 0 bridgehead atoms. The van der Waals surface area contributed by atoms with Crippen LogP contribution in [-0.4, -0.2) is 46.3 Å². The van der Waals surface area contributed by atoms with Gasteiger partial charge in [-0.25, -0.2) is 4.99 Å². The number of guanidine groups is 1. The number of para-hydroxylation sites is 1. The second kappa shape index (κ2) is 11.5. The Morgan fingerprint density at radius 3 is 2.72 bits per heavy atom. The van der Waals surface area contributed by atoms with Crippen molar-refractivity contribution < 1.29 is 9.53 Å². The van der Waals surface area contributed by atoms with Crippen LogP contribution in [0.2, 0.25) is 0 Å². The van der Waals surface area contributed by atoms with E-state index < -0.39 is 5.41 Å². The monoisotopic (exact) mass is 555 g/mol. The number of hydrogen-bond donors (Lipinski definition) is 3. The van der Waals surface area contributed by atoms with Gasteiger partial charge in [0, 0.05) is 32.1 Å². The number of aromatic nitrogens is 3. The molecule has 2 aromatic rings. The number of halogens is 1. The first-order valence-corrected chi connectivity index (χ1v) is 10.7. The molecular formula is C22H34IN7O2. The van der Waals surface area contributed by atoms with E-state index in [4.69, 9.17) is 9.73 Å². The standard InChI is InChI=1S/C22H33N7O2.HI/c1-6-23-20(30)22(3,4)14-25-21(24-13-19-28-27-15(2)29(19)5)26-17-11-12-31-18-10-8-7-9-16(17)18;/h7-10,17H,6,11-14H2,1-5H3,(H,23,30)(H2,24,25,26);1H. The first-order valence-electron chi connectivity index (χ1n) is 10.7. The van der Waals surface area contributed by atoms with E-state index in [0.717, 1.165) is 29.4 Å². The summed E-state index contributed by atoms with van der Waals surface area (Å²) in [6.45, 7) is 9.71. The SMILES string of the molecule is CCNC(=O)C(C)(C)CNC(=NCc1nnc(C)n1C)NC1CCOc2ccccc21.I. The molecule has 0 aliphatic carbocycles. The molecule has 9 nitrogen and oxygen atoms in total. The van der Waals surface area contributed by atoms with Crippen molar-refractivity contribution in [1.29, 1.82) is 0 Å². The maximum atomic E-state index is 12.4. The quantitative estimate of drug-likeness (QED) is 0.276. The zero-order chi connectivity index (χ0) is 22.4. The van der Waals surface area contributed by atoms with Crippen molar-refractivity contribution in [2.75, 3.05) is 19.7 Å². The number of carbonyl (C=O) groups is 1. The number of fused-ring (bicyclic) bond motifs is 1. The highest BCUT2D eigenvalue weighted by Gasteiger charge is 2.28. The van der Waals surface area contributed by atoms with Crippen LogP contribution in [-0.2, 0) is 18.4 Å². The van der Waals surface area contributed by atoms with Crippen LogP contribution < -0.4 is 20.7 Å². The second-order valence-corrected chi connectivity index (χ2v) is 8.36. The maximum Gasteiger partial charge on any atom is 0.227 e. The Kier molecular flexibility index (Phi) is 9.29. The normalized spacial score (nSPS) is 15.8. The van der Waals surface area contributed by atoms with Gasteiger partial charge < -0.3 is 25.3 Å². The summed E-state index contributed by atoms with van der Waals surface area (Å²) in [6, 6.07) is 8.08. The third-order valence-corrected chi connectivity index (χ3v) is 5.48. The summed E-state index contributed by atoms with van der Waals surface area (Å²) in [5, 5.41) is 18.1. The molecule has 1 unspecified atom stereocenters. The predicted octanol–water partition coefficient (Wildman–Crippen LogP) is 2.46. The highest BCUT2D eigenvalue weighted by atomic mass is 127. The lowest BCUT2D eigenvalue weighted by Crippen LogP contribution is -2.48. The number of hydrogen-bond acceptors (Lipinski definition) is 5. The Labute approximate surface area is 206 Å². The van der Waals surface area contributed by atoms with Gasteiger partial charge >= 0.3 is 0 Å². The molecule has 2 heterocycles. The molecular weight excluding hydrogens is 521 g/mol. The number of carbonyl (C=O) groups excluding carboxylic acids is 1. The Morgan fingerprint density at radius 1 is 1.28 bits per heavy atom. The van der Waals surface area contributed by atoms with E-state index in [-0.39, 0.29) is 35.9 Å². The van der Waals surface area contributed by atoms with Crippen molar-refractivity contribution in [3.63, 3.8) is 0 Å². The molecule has 1 amide bonds. The Hall–Kier alpha value is -2.37. The summed E-state index contributed by atoms with van der Waals surface area (Å²) in [6.07, 6.45) is 0.820. The first kappa shape index (κ1) is 25.9. The fraction of sp³-hybridized carbons (Fsp3) is 0.545. The molecule has 32 heavy (non-hydrogen) atoms. The summed E-state index contributed by atoms with van der Waals surface area (Å²) in [7, 11) is 1.92. The molecule has 176 valence electrons. The topological polar surface area (TPSA) is 105 Å². The van der Waals surface area contributed by atoms with E-state index in [2.05, 4.69) is 32.2 Å². The number of nitrogens with one attached hydrogen (secondary N) is 3. The van der Waals surface area contributed by atoms with Crippen molar-refractivity contribution >= 4 is 35.8 Å². The summed E-state index contributed by atoms with van der Waals surface area (Å²) in [5.41, 5.74) is 0.508. The van der Waals surface area contributed by atoms with Gasteiger partial charge in [-0.1, -0.05) is 18.2 Å². The number of aliphatic imine (C=N–C) groups is 1. The number of benzene rings is 1. The zero-order valence-electron chi connectivity index (χ0n) is 19.4. The van der Waals surface area contributed by atoms with E-state index in [1.165, 1.54) is 0 Å². The fourth-order valence-corrected chi connectivity index (χ4v) is 3.33. The molecule has 1 aromatic carbocycles. The first-order chi connectivity index (χ1) is 14.8. The molecule has 3 rings (SSSR count). The molecule has 0 saturated heterocycles. The minimum atomic E-state index is -0.590. The van der Waals surface area contributed by atoms with E-state index in [0.29, 0.717) is 32.2 Å². The molecule has 0 spiro atoms. The van der Waals surface area contributed by atoms with Gasteiger partial charge in [-0.2, -0.15) is 0 Å². The fourth-order valence-electron chi connectivity index (χ4n) is 3.33. The van der Waals surface area contributed by atoms with E-state index in [9.17, 15) is 4.79 Å². The lowest BCUT2D eigenvalue weighted by molar-refractivity contribution is -0.128. The third kappa shape index (κ3) is 6.33. The third-order valence-electron chi connectivity index (χ3n) is 5.48. The van der Waals surface area contributed by atoms with Gasteiger partial charge in [-0.15, -0.1) is 34.2 Å². The van der Waals surface area contributed by atoms with Crippen LogP contribution in [0.25, 0.3) is 0 Å². The van der Waals surface area contributed by atoms with Crippen molar-refractivity contribution in [2.24, 2.45) is 17.5 Å². The number of amides is 1. The highest BCUT2D eigenvalue weighted by molar-refractivity contribution is 14.0. The highest BCUT2D eigenvalue weighted by Crippen LogP contribution is 2.31. The van der Waals surface area contributed by atoms with E-state index in [1.54, 1.807) is 0 Å². The van der Waals surface area contributed by atoms with E-state index in [1.807, 2.05) is 57.5 Å². The summed E-state index contributed by atoms with van der Waals surface area (Å²) < 4.78 is 7.70. The van der Waals surface area contributed by atoms with Crippen molar-refractivity contribution in [3.8, 4) is 5.75 Å². The van der Waals surface area contributed by atoms with Crippen LogP contribution in [0, 0.1) is 12.3 Å². The smallest absolute Gasteiger partial charge is 0.227 e. The predicted molar refractivity (Wildman–Crippen MR) is 135 cm³/mol. The van der Waals surface area contributed by atoms with Gasteiger partial charge in [0.05, 0.1) is 18.1 Å². The average molecular weight is 555 g/mol. The summed E-state index contributed by atoms with van der Waals surface area (Å²) in [5.74, 6) is 3.12. The molecule has 3 N–H and O–H groups in total. The molecule has 0 radical (unpaired) electrons. The van der Waals surface area contributed by atoms with Crippen LogP contribution in [0.4, 0.5) is 0 Å². The Morgan fingerprint density at radius 2 is 2.03 bits per heavy atom. The minimum absolute atomic E-state index is 0. The van der Waals surface area contributed by atoms with E-state index >= 15 is 0 Å². The van der Waals surface area contributed by atoms with Gasteiger partial charge in [0.2, 0.25) is 5.91 Å². The largest absolute Gasteiger partial charge is 0.493 e. The summed E-state index contributed by atoms with van der Waals surface area (Å²) >= 11 is 0. The maximum absolute atomic E-state index is 12.4. The molecule has 0 fully saturated rings. The van der Waals surface area contributed by atoms with Crippen molar-refractivity contribution in [3.05, 3.63) is 41.5 Å². The van der Waals surface area contributed by atoms with Crippen molar-refractivity contribution in [2.45, 2.75) is 46.7 Å². The molecule has 0 saturated carbocycles. The Balaban J connectivity index is 0.00000363. The van der Waals surface area contributed by atoms with Gasteiger partial charge in [0.25, 0.3) is 0 Å². The lowest BCUT2D eigenvalue weighted by Gasteiger charge is -2.30. The van der Waals surface area contributed by atoms with Gasteiger partial charge in [-0.05, 0) is 33.8 Å². The molecule has 1 aliphatic heterocycles. The second-order valence-electron chi connectivity index (χ2n) is 8.36. The molecule has 1 aromatic heterocycles. The average Bonchev–Trinajstić information content (AvgIpc) is 3.08. The van der Waals surface area contributed by atoms with Gasteiger partial charge in [-0.3, -0.25) is 4.79 Å². The molecule has 1 atom stereocenters. The van der Waals surface area contributed by atoms with Crippen molar-refractivity contribution in [1.82, 2.24) is 30.7 Å². The van der Waals surface area contributed by atoms with Crippen LogP contribution in [0.3, 0.4) is 0 Å². The lowest BCUT2D eigenvalue weighted by atomic mass is 9.92. The van der Waals surface area contributed by atoms with Crippen LogP contribution in [0.15, 0.2) is 29.3 Å². The molecule has 10 heteroatoms.